The number of carbonyl (C=O) groups excluding carboxylic acids is 1. The number of hydrogen-bond acceptors (Lipinski definition) is 3. The van der Waals surface area contributed by atoms with Crippen LogP contribution < -0.4 is 11.1 Å². The predicted molar refractivity (Wildman–Crippen MR) is 89.1 cm³/mol. The van der Waals surface area contributed by atoms with E-state index >= 15 is 0 Å². The second kappa shape index (κ2) is 7.10. The van der Waals surface area contributed by atoms with Gasteiger partial charge in [-0.05, 0) is 45.4 Å². The summed E-state index contributed by atoms with van der Waals surface area (Å²) in [7, 11) is 0. The zero-order valence-corrected chi connectivity index (χ0v) is 14.8. The molecule has 0 aromatic heterocycles. The highest BCUT2D eigenvalue weighted by molar-refractivity contribution is 5.85. The Hall–Kier alpha value is -0.610. The summed E-state index contributed by atoms with van der Waals surface area (Å²) in [5, 5.41) is 3.07. The molecule has 1 rings (SSSR count). The van der Waals surface area contributed by atoms with E-state index in [0.29, 0.717) is 6.54 Å². The summed E-state index contributed by atoms with van der Waals surface area (Å²) in [6.07, 6.45) is 2.94. The molecule has 0 bridgehead atoms. The van der Waals surface area contributed by atoms with E-state index in [9.17, 15) is 4.79 Å². The standard InChI is InChI=1S/C17H35N3O/c1-7-8-17(6,18)15(21)19-12-16(4,5)20-10-13(2)9-14(3)11-20/h13-14H,7-12,18H2,1-6H3,(H,19,21). The van der Waals surface area contributed by atoms with Crippen LogP contribution >= 0.6 is 0 Å². The number of carbonyl (C=O) groups is 1. The van der Waals surface area contributed by atoms with Crippen molar-refractivity contribution in [3.63, 3.8) is 0 Å². The third-order valence-corrected chi connectivity index (χ3v) is 4.69. The number of piperidine rings is 1. The second-order valence-corrected chi connectivity index (χ2v) is 8.01. The van der Waals surface area contributed by atoms with Crippen LogP contribution in [0, 0.1) is 11.8 Å². The van der Waals surface area contributed by atoms with Gasteiger partial charge >= 0.3 is 0 Å². The molecule has 0 radical (unpaired) electrons. The molecule has 4 heteroatoms. The van der Waals surface area contributed by atoms with Crippen LogP contribution in [0.15, 0.2) is 0 Å². The van der Waals surface area contributed by atoms with Gasteiger partial charge in [0.15, 0.2) is 0 Å². The summed E-state index contributed by atoms with van der Waals surface area (Å²) in [4.78, 5) is 14.8. The Morgan fingerprint density at radius 2 is 1.76 bits per heavy atom. The Morgan fingerprint density at radius 1 is 1.24 bits per heavy atom. The highest BCUT2D eigenvalue weighted by Gasteiger charge is 2.34. The van der Waals surface area contributed by atoms with Gasteiger partial charge in [-0.2, -0.15) is 0 Å². The van der Waals surface area contributed by atoms with E-state index < -0.39 is 5.54 Å². The van der Waals surface area contributed by atoms with Crippen molar-refractivity contribution >= 4 is 5.91 Å². The maximum Gasteiger partial charge on any atom is 0.239 e. The number of likely N-dealkylation sites (tertiary alicyclic amines) is 1. The topological polar surface area (TPSA) is 58.4 Å². The monoisotopic (exact) mass is 297 g/mol. The van der Waals surface area contributed by atoms with Gasteiger partial charge in [0, 0.05) is 25.2 Å². The lowest BCUT2D eigenvalue weighted by Crippen LogP contribution is -2.59. The molecule has 0 aromatic carbocycles. The van der Waals surface area contributed by atoms with Gasteiger partial charge in [-0.3, -0.25) is 9.69 Å². The summed E-state index contributed by atoms with van der Waals surface area (Å²) in [6, 6.07) is 0. The molecule has 3 unspecified atom stereocenters. The molecule has 4 nitrogen and oxygen atoms in total. The van der Waals surface area contributed by atoms with E-state index in [1.165, 1.54) is 6.42 Å². The lowest BCUT2D eigenvalue weighted by molar-refractivity contribution is -0.126. The van der Waals surface area contributed by atoms with Crippen molar-refractivity contribution in [3.05, 3.63) is 0 Å². The first kappa shape index (κ1) is 18.4. The number of nitrogens with one attached hydrogen (secondary N) is 1. The van der Waals surface area contributed by atoms with Crippen molar-refractivity contribution in [1.82, 2.24) is 10.2 Å². The molecular weight excluding hydrogens is 262 g/mol. The van der Waals surface area contributed by atoms with Crippen LogP contribution in [-0.4, -0.2) is 41.5 Å². The summed E-state index contributed by atoms with van der Waals surface area (Å²) in [5.74, 6) is 1.42. The van der Waals surface area contributed by atoms with E-state index in [1.54, 1.807) is 0 Å². The van der Waals surface area contributed by atoms with Crippen LogP contribution in [0.3, 0.4) is 0 Å². The minimum Gasteiger partial charge on any atom is -0.353 e. The largest absolute Gasteiger partial charge is 0.353 e. The van der Waals surface area contributed by atoms with Gasteiger partial charge in [0.2, 0.25) is 5.91 Å². The average Bonchev–Trinajstić information content (AvgIpc) is 2.34. The fraction of sp³-hybridized carbons (Fsp3) is 0.941. The Balaban J connectivity index is 2.58. The smallest absolute Gasteiger partial charge is 0.239 e. The molecule has 3 N–H and O–H groups in total. The molecule has 0 aromatic rings. The van der Waals surface area contributed by atoms with Gasteiger partial charge in [-0.15, -0.1) is 0 Å². The van der Waals surface area contributed by atoms with E-state index in [0.717, 1.165) is 37.8 Å². The molecule has 1 heterocycles. The quantitative estimate of drug-likeness (QED) is 0.791. The van der Waals surface area contributed by atoms with Gasteiger partial charge in [-0.1, -0.05) is 27.2 Å². The highest BCUT2D eigenvalue weighted by atomic mass is 16.2. The molecule has 1 fully saturated rings. The summed E-state index contributed by atoms with van der Waals surface area (Å²) >= 11 is 0. The van der Waals surface area contributed by atoms with Crippen molar-refractivity contribution in [2.75, 3.05) is 19.6 Å². The van der Waals surface area contributed by atoms with Gasteiger partial charge < -0.3 is 11.1 Å². The summed E-state index contributed by atoms with van der Waals surface area (Å²) in [5.41, 5.74) is 5.31. The van der Waals surface area contributed by atoms with Crippen molar-refractivity contribution in [1.29, 1.82) is 0 Å². The fourth-order valence-electron chi connectivity index (χ4n) is 3.40. The highest BCUT2D eigenvalue weighted by Crippen LogP contribution is 2.27. The molecule has 0 spiro atoms. The minimum atomic E-state index is -0.757. The van der Waals surface area contributed by atoms with Crippen LogP contribution in [0.5, 0.6) is 0 Å². The molecule has 1 amide bonds. The van der Waals surface area contributed by atoms with Crippen LogP contribution in [0.4, 0.5) is 0 Å². The molecule has 1 aliphatic rings. The third kappa shape index (κ3) is 5.26. The van der Waals surface area contributed by atoms with E-state index in [1.807, 2.05) is 6.92 Å². The first-order valence-electron chi connectivity index (χ1n) is 8.40. The zero-order chi connectivity index (χ0) is 16.3. The van der Waals surface area contributed by atoms with Crippen molar-refractivity contribution in [2.45, 2.75) is 71.9 Å². The molecule has 1 aliphatic heterocycles. The lowest BCUT2D eigenvalue weighted by Gasteiger charge is -2.45. The molecule has 0 aliphatic carbocycles. The van der Waals surface area contributed by atoms with Crippen LogP contribution in [0.25, 0.3) is 0 Å². The third-order valence-electron chi connectivity index (χ3n) is 4.69. The molecular formula is C17H35N3O. The molecule has 1 saturated heterocycles. The number of nitrogens with two attached hydrogens (primary N) is 1. The molecule has 21 heavy (non-hydrogen) atoms. The van der Waals surface area contributed by atoms with E-state index in [4.69, 9.17) is 5.73 Å². The van der Waals surface area contributed by atoms with Crippen LogP contribution in [0.1, 0.15) is 60.8 Å². The van der Waals surface area contributed by atoms with E-state index in [2.05, 4.69) is 44.8 Å². The molecule has 0 saturated carbocycles. The maximum absolute atomic E-state index is 12.3. The Kier molecular flexibility index (Phi) is 6.23. The second-order valence-electron chi connectivity index (χ2n) is 8.01. The summed E-state index contributed by atoms with van der Waals surface area (Å²) < 4.78 is 0. The Morgan fingerprint density at radius 3 is 2.24 bits per heavy atom. The van der Waals surface area contributed by atoms with Gasteiger partial charge in [0.05, 0.1) is 5.54 Å². The summed E-state index contributed by atoms with van der Waals surface area (Å²) in [6.45, 7) is 15.8. The molecule has 124 valence electrons. The maximum atomic E-state index is 12.3. The van der Waals surface area contributed by atoms with Crippen molar-refractivity contribution in [3.8, 4) is 0 Å². The number of rotatable bonds is 6. The van der Waals surface area contributed by atoms with Crippen molar-refractivity contribution in [2.24, 2.45) is 17.6 Å². The number of nitrogens with zero attached hydrogens (tertiary/aromatic N) is 1. The zero-order valence-electron chi connectivity index (χ0n) is 14.8. The van der Waals surface area contributed by atoms with Gasteiger partial charge in [0.1, 0.15) is 0 Å². The number of hydrogen-bond donors (Lipinski definition) is 2. The normalized spacial score (nSPS) is 27.2. The predicted octanol–water partition coefficient (Wildman–Crippen LogP) is 2.38. The lowest BCUT2D eigenvalue weighted by atomic mass is 9.87. The van der Waals surface area contributed by atoms with Crippen molar-refractivity contribution < 1.29 is 4.79 Å². The van der Waals surface area contributed by atoms with Gasteiger partial charge in [-0.25, -0.2) is 0 Å². The average molecular weight is 297 g/mol. The van der Waals surface area contributed by atoms with Gasteiger partial charge in [0.25, 0.3) is 0 Å². The van der Waals surface area contributed by atoms with Crippen LogP contribution in [0.2, 0.25) is 0 Å². The first-order chi connectivity index (χ1) is 9.58. The Labute approximate surface area is 130 Å². The van der Waals surface area contributed by atoms with Crippen LogP contribution in [-0.2, 0) is 4.79 Å². The minimum absolute atomic E-state index is 0.0269. The van der Waals surface area contributed by atoms with E-state index in [-0.39, 0.29) is 11.4 Å². The fourth-order valence-corrected chi connectivity index (χ4v) is 3.40. The SMILES string of the molecule is CCCC(C)(N)C(=O)NCC(C)(C)N1CC(C)CC(C)C1. The number of amides is 1. The molecule has 3 atom stereocenters. The first-order valence-corrected chi connectivity index (χ1v) is 8.40. The Bertz CT molecular complexity index is 342.